The molecule has 1 N–H and O–H groups in total. The topological polar surface area (TPSA) is 61.8 Å². The Balaban J connectivity index is 1.57. The number of amides is 2. The lowest BCUT2D eigenvalue weighted by atomic mass is 10.1. The van der Waals surface area contributed by atoms with E-state index in [9.17, 15) is 14.0 Å². The molecule has 0 atom stereocenters. The zero-order valence-electron chi connectivity index (χ0n) is 19.1. The van der Waals surface area contributed by atoms with Crippen LogP contribution in [0.4, 0.5) is 15.8 Å². The molecule has 5 nitrogen and oxygen atoms in total. The number of amidine groups is 1. The summed E-state index contributed by atoms with van der Waals surface area (Å²) in [4.78, 5) is 31.9. The number of anilines is 2. The van der Waals surface area contributed by atoms with Crippen LogP contribution in [0.5, 0.6) is 0 Å². The smallest absolute Gasteiger partial charge is 0.283 e. The van der Waals surface area contributed by atoms with Crippen molar-refractivity contribution in [1.29, 1.82) is 0 Å². The van der Waals surface area contributed by atoms with Gasteiger partial charge in [0.25, 0.3) is 5.91 Å². The molecular formula is C27H24FN3O2S. The van der Waals surface area contributed by atoms with Crippen LogP contribution >= 0.6 is 11.8 Å². The highest BCUT2D eigenvalue weighted by atomic mass is 32.2. The Morgan fingerprint density at radius 1 is 1.03 bits per heavy atom. The molecular weight excluding hydrogens is 449 g/mol. The molecule has 0 aromatic heterocycles. The van der Waals surface area contributed by atoms with Gasteiger partial charge in [0.05, 0.1) is 11.4 Å². The molecule has 0 bridgehead atoms. The highest BCUT2D eigenvalue weighted by Crippen LogP contribution is 2.30. The third-order valence-electron chi connectivity index (χ3n) is 5.29. The van der Waals surface area contributed by atoms with Gasteiger partial charge in [-0.25, -0.2) is 9.38 Å². The summed E-state index contributed by atoms with van der Waals surface area (Å²) in [7, 11) is 0. The van der Waals surface area contributed by atoms with E-state index >= 15 is 0 Å². The number of aliphatic imine (C=N–C) groups is 1. The van der Waals surface area contributed by atoms with Crippen LogP contribution in [0, 0.1) is 26.6 Å². The molecule has 0 saturated heterocycles. The number of carbonyl (C=O) groups is 2. The van der Waals surface area contributed by atoms with Crippen molar-refractivity contribution in [3.8, 4) is 0 Å². The number of hydrogen-bond donors (Lipinski definition) is 1. The van der Waals surface area contributed by atoms with Gasteiger partial charge in [0.1, 0.15) is 11.5 Å². The Morgan fingerprint density at radius 3 is 2.32 bits per heavy atom. The fraction of sp³-hybridized carbons (Fsp3) is 0.148. The van der Waals surface area contributed by atoms with E-state index < -0.39 is 5.82 Å². The van der Waals surface area contributed by atoms with E-state index in [1.165, 1.54) is 29.2 Å². The summed E-state index contributed by atoms with van der Waals surface area (Å²) >= 11 is 1.16. The second-order valence-electron chi connectivity index (χ2n) is 8.06. The predicted molar refractivity (Wildman–Crippen MR) is 137 cm³/mol. The molecule has 1 aliphatic heterocycles. The van der Waals surface area contributed by atoms with Gasteiger partial charge >= 0.3 is 0 Å². The molecule has 4 rings (SSSR count). The van der Waals surface area contributed by atoms with Gasteiger partial charge < -0.3 is 5.32 Å². The maximum absolute atomic E-state index is 13.5. The minimum Gasteiger partial charge on any atom is -0.325 e. The summed E-state index contributed by atoms with van der Waals surface area (Å²) in [6, 6.07) is 19.1. The molecule has 7 heteroatoms. The van der Waals surface area contributed by atoms with Gasteiger partial charge in [-0.05, 0) is 67.8 Å². The van der Waals surface area contributed by atoms with Crippen molar-refractivity contribution in [1.82, 2.24) is 0 Å². The lowest BCUT2D eigenvalue weighted by Crippen LogP contribution is -2.31. The molecule has 2 amide bonds. The van der Waals surface area contributed by atoms with E-state index in [2.05, 4.69) is 10.3 Å². The van der Waals surface area contributed by atoms with Gasteiger partial charge in [0.15, 0.2) is 5.17 Å². The van der Waals surface area contributed by atoms with Crippen LogP contribution in [-0.2, 0) is 9.59 Å². The minimum absolute atomic E-state index is 0.0647. The maximum atomic E-state index is 13.5. The van der Waals surface area contributed by atoms with Crippen LogP contribution in [0.1, 0.15) is 22.3 Å². The number of halogens is 1. The quantitative estimate of drug-likeness (QED) is 0.472. The van der Waals surface area contributed by atoms with Crippen LogP contribution < -0.4 is 10.2 Å². The van der Waals surface area contributed by atoms with Gasteiger partial charge in [0.2, 0.25) is 5.91 Å². The van der Waals surface area contributed by atoms with Crippen LogP contribution in [0.2, 0.25) is 0 Å². The van der Waals surface area contributed by atoms with Crippen LogP contribution in [0.3, 0.4) is 0 Å². The average Bonchev–Trinajstić information content (AvgIpc) is 3.11. The number of hydrogen-bond acceptors (Lipinski definition) is 4. The monoisotopic (exact) mass is 473 g/mol. The zero-order valence-corrected chi connectivity index (χ0v) is 19.9. The van der Waals surface area contributed by atoms with E-state index in [-0.39, 0.29) is 23.3 Å². The number of thioether (sulfide) groups is 1. The van der Waals surface area contributed by atoms with Crippen molar-refractivity contribution in [2.45, 2.75) is 20.8 Å². The van der Waals surface area contributed by atoms with E-state index in [0.717, 1.165) is 39.7 Å². The van der Waals surface area contributed by atoms with Gasteiger partial charge in [0, 0.05) is 5.69 Å². The summed E-state index contributed by atoms with van der Waals surface area (Å²) < 4.78 is 13.5. The highest BCUT2D eigenvalue weighted by Gasteiger charge is 2.32. The first-order valence-electron chi connectivity index (χ1n) is 10.8. The Morgan fingerprint density at radius 2 is 1.68 bits per heavy atom. The standard InChI is InChI=1S/C27H24FN3O2S/c1-17-13-18(2)25(19(3)14-17)30-24(32)16-34-27-29-23(15-20-7-5-4-6-8-20)26(33)31(27)22-11-9-21(28)10-12-22/h4-15H,16H2,1-3H3,(H,30,32). The van der Waals surface area contributed by atoms with Gasteiger partial charge in [-0.1, -0.05) is 59.8 Å². The van der Waals surface area contributed by atoms with E-state index in [0.29, 0.717) is 10.9 Å². The average molecular weight is 474 g/mol. The maximum Gasteiger partial charge on any atom is 0.283 e. The molecule has 0 fully saturated rings. The van der Waals surface area contributed by atoms with E-state index in [4.69, 9.17) is 0 Å². The Kier molecular flexibility index (Phi) is 6.93. The molecule has 1 heterocycles. The molecule has 0 spiro atoms. The fourth-order valence-corrected chi connectivity index (χ4v) is 4.61. The number of aryl methyl sites for hydroxylation is 3. The van der Waals surface area contributed by atoms with Crippen molar-refractivity contribution >= 4 is 46.2 Å². The predicted octanol–water partition coefficient (Wildman–Crippen LogP) is 5.87. The first-order chi connectivity index (χ1) is 16.3. The SMILES string of the molecule is Cc1cc(C)c(NC(=O)CSC2=NC(=Cc3ccccc3)C(=O)N2c2ccc(F)cc2)c(C)c1. The molecule has 0 aliphatic carbocycles. The lowest BCUT2D eigenvalue weighted by molar-refractivity contribution is -0.114. The normalized spacial score (nSPS) is 14.5. The lowest BCUT2D eigenvalue weighted by Gasteiger charge is -2.18. The minimum atomic E-state index is -0.398. The first-order valence-corrected chi connectivity index (χ1v) is 11.8. The summed E-state index contributed by atoms with van der Waals surface area (Å²) in [5, 5.41) is 3.34. The Bertz CT molecular complexity index is 1280. The van der Waals surface area contributed by atoms with Crippen molar-refractivity contribution in [2.24, 2.45) is 4.99 Å². The molecule has 0 radical (unpaired) electrons. The number of nitrogens with one attached hydrogen (secondary N) is 1. The summed E-state index contributed by atoms with van der Waals surface area (Å²) in [5.41, 5.74) is 5.48. The number of nitrogens with zero attached hydrogens (tertiary/aromatic N) is 2. The number of carbonyl (C=O) groups excluding carboxylic acids is 2. The van der Waals surface area contributed by atoms with Gasteiger partial charge in [-0.15, -0.1) is 0 Å². The summed E-state index contributed by atoms with van der Waals surface area (Å²) in [5.74, 6) is -0.863. The second-order valence-corrected chi connectivity index (χ2v) is 9.00. The highest BCUT2D eigenvalue weighted by molar-refractivity contribution is 8.14. The molecule has 172 valence electrons. The van der Waals surface area contributed by atoms with Crippen molar-refractivity contribution in [2.75, 3.05) is 16.0 Å². The zero-order chi connectivity index (χ0) is 24.2. The summed E-state index contributed by atoms with van der Waals surface area (Å²) in [6.45, 7) is 5.93. The third kappa shape index (κ3) is 5.26. The largest absolute Gasteiger partial charge is 0.325 e. The Labute approximate surface area is 202 Å². The molecule has 1 aliphatic rings. The second kappa shape index (κ2) is 10.1. The number of benzene rings is 3. The van der Waals surface area contributed by atoms with Crippen LogP contribution in [0.15, 0.2) is 77.4 Å². The summed E-state index contributed by atoms with van der Waals surface area (Å²) in [6.07, 6.45) is 1.70. The van der Waals surface area contributed by atoms with E-state index in [1.807, 2.05) is 63.2 Å². The van der Waals surface area contributed by atoms with Crippen LogP contribution in [-0.4, -0.2) is 22.7 Å². The van der Waals surface area contributed by atoms with Gasteiger partial charge in [-0.3, -0.25) is 14.5 Å². The van der Waals surface area contributed by atoms with Crippen molar-refractivity contribution < 1.29 is 14.0 Å². The third-order valence-corrected chi connectivity index (χ3v) is 6.23. The molecule has 0 saturated carbocycles. The van der Waals surface area contributed by atoms with Gasteiger partial charge in [-0.2, -0.15) is 0 Å². The van der Waals surface area contributed by atoms with Crippen LogP contribution in [0.25, 0.3) is 6.08 Å². The van der Waals surface area contributed by atoms with Crippen molar-refractivity contribution in [3.63, 3.8) is 0 Å². The molecule has 3 aromatic rings. The molecule has 34 heavy (non-hydrogen) atoms. The first kappa shape index (κ1) is 23.4. The Hall–Kier alpha value is -3.71. The number of rotatable bonds is 5. The molecule has 0 unspecified atom stereocenters. The van der Waals surface area contributed by atoms with E-state index in [1.54, 1.807) is 6.08 Å². The van der Waals surface area contributed by atoms with Crippen molar-refractivity contribution in [3.05, 3.63) is 100 Å². The molecule has 3 aromatic carbocycles. The fourth-order valence-electron chi connectivity index (χ4n) is 3.80.